The summed E-state index contributed by atoms with van der Waals surface area (Å²) in [5.41, 5.74) is 0. The second-order valence-electron chi connectivity index (χ2n) is 6.98. The summed E-state index contributed by atoms with van der Waals surface area (Å²) >= 11 is 2.82. The Morgan fingerprint density at radius 1 is 0.647 bits per heavy atom. The molecule has 0 aliphatic heterocycles. The standard InChI is InChI=1S/C9H7.2C6H5FO.C5H5.C3H6.Cr/c1-2-5-9-7-3-6-8(9)4-1;2*7-5-1-3-6(8)4-2-5;1-2-4-5-3-1;1-3-2;/h1-7H;2*1-4,8H;1-5H;1-2H3;/q-1;;;-1;;. The van der Waals surface area contributed by atoms with Gasteiger partial charge in [-0.3, -0.25) is 0 Å². The van der Waals surface area contributed by atoms with Crippen LogP contribution in [0.1, 0.15) is 13.8 Å². The fourth-order valence-corrected chi connectivity index (χ4v) is 2.27. The summed E-state index contributed by atoms with van der Waals surface area (Å²) in [5.74, 6) is -0.483. The van der Waals surface area contributed by atoms with Gasteiger partial charge in [0.2, 0.25) is 0 Å². The van der Waals surface area contributed by atoms with Gasteiger partial charge in [0.1, 0.15) is 23.1 Å². The van der Waals surface area contributed by atoms with E-state index in [9.17, 15) is 8.78 Å². The Morgan fingerprint density at radius 2 is 1.09 bits per heavy atom. The van der Waals surface area contributed by atoms with Crippen LogP contribution in [0.15, 0.2) is 121 Å². The topological polar surface area (TPSA) is 40.5 Å². The average molecular weight is 499 g/mol. The Kier molecular flexibility index (Phi) is 14.3. The van der Waals surface area contributed by atoms with E-state index in [1.807, 2.05) is 44.2 Å². The van der Waals surface area contributed by atoms with Crippen molar-refractivity contribution in [3.05, 3.63) is 133 Å². The number of rotatable bonds is 0. The maximum Gasteiger partial charge on any atom is 0.123 e. The maximum atomic E-state index is 12.0. The van der Waals surface area contributed by atoms with Crippen molar-refractivity contribution in [1.29, 1.82) is 0 Å². The predicted molar refractivity (Wildman–Crippen MR) is 134 cm³/mol. The molecule has 0 bridgehead atoms. The van der Waals surface area contributed by atoms with Crippen molar-refractivity contribution < 1.29 is 34.8 Å². The van der Waals surface area contributed by atoms with Crippen molar-refractivity contribution in [3.8, 4) is 11.5 Å². The number of benzene rings is 3. The van der Waals surface area contributed by atoms with Crippen LogP contribution in [0.25, 0.3) is 10.8 Å². The average Bonchev–Trinajstić information content (AvgIpc) is 3.53. The number of phenolic OH excluding ortho intramolecular Hbond substituents is 2. The van der Waals surface area contributed by atoms with Crippen molar-refractivity contribution in [2.24, 2.45) is 0 Å². The molecule has 0 aliphatic rings. The number of halogens is 2. The minimum atomic E-state index is -0.331. The molecule has 0 amide bonds. The number of fused-ring (bicyclic) bond motifs is 1. The Bertz CT molecular complexity index is 1030. The van der Waals surface area contributed by atoms with Crippen molar-refractivity contribution in [1.82, 2.24) is 0 Å². The van der Waals surface area contributed by atoms with Crippen LogP contribution in [0.3, 0.4) is 0 Å². The Labute approximate surface area is 208 Å². The number of aromatic hydroxyl groups is 2. The first-order valence-corrected chi connectivity index (χ1v) is 11.0. The molecule has 0 atom stereocenters. The van der Waals surface area contributed by atoms with Crippen LogP contribution in [0.4, 0.5) is 8.78 Å². The molecule has 0 heterocycles. The van der Waals surface area contributed by atoms with E-state index < -0.39 is 0 Å². The molecular formula is C29H28CrF2O2-2. The van der Waals surface area contributed by atoms with E-state index in [4.69, 9.17) is 10.2 Å². The molecule has 0 saturated heterocycles. The molecule has 0 spiro atoms. The van der Waals surface area contributed by atoms with E-state index in [-0.39, 0.29) is 23.1 Å². The minimum absolute atomic E-state index is 0.0893. The molecule has 178 valence electrons. The number of hydrogen-bond donors (Lipinski definition) is 2. The first-order chi connectivity index (χ1) is 16.3. The van der Waals surface area contributed by atoms with Gasteiger partial charge in [0.15, 0.2) is 0 Å². The third kappa shape index (κ3) is 14.5. The van der Waals surface area contributed by atoms with E-state index in [0.717, 1.165) is 0 Å². The van der Waals surface area contributed by atoms with Crippen LogP contribution in [-0.2, 0) is 15.9 Å². The van der Waals surface area contributed by atoms with Crippen LogP contribution in [0.5, 0.6) is 11.5 Å². The van der Waals surface area contributed by atoms with Crippen LogP contribution in [0, 0.1) is 11.6 Å². The monoisotopic (exact) mass is 498 g/mol. The van der Waals surface area contributed by atoms with Crippen molar-refractivity contribution in [2.45, 2.75) is 13.8 Å². The van der Waals surface area contributed by atoms with Gasteiger partial charge in [0.05, 0.1) is 0 Å². The zero-order valence-electron chi connectivity index (χ0n) is 19.1. The maximum absolute atomic E-state index is 12.0. The second kappa shape index (κ2) is 17.0. The third-order valence-corrected chi connectivity index (χ3v) is 3.76. The van der Waals surface area contributed by atoms with Crippen LogP contribution in [0.2, 0.25) is 0 Å². The summed E-state index contributed by atoms with van der Waals surface area (Å²) < 4.78 is 25.2. The smallest absolute Gasteiger partial charge is 0.123 e. The van der Waals surface area contributed by atoms with Gasteiger partial charge < -0.3 is 10.2 Å². The van der Waals surface area contributed by atoms with Gasteiger partial charge >= 0.3 is 34.1 Å². The zero-order valence-corrected chi connectivity index (χ0v) is 20.4. The van der Waals surface area contributed by atoms with Crippen molar-refractivity contribution >= 4 is 15.2 Å². The molecule has 0 fully saturated rings. The van der Waals surface area contributed by atoms with E-state index in [2.05, 4.69) is 58.3 Å². The largest absolute Gasteiger partial charge is 0.508 e. The molecule has 0 saturated carbocycles. The Morgan fingerprint density at radius 3 is 1.44 bits per heavy atom. The molecule has 5 rings (SSSR count). The Balaban J connectivity index is 0.000000219. The first-order valence-electron chi connectivity index (χ1n) is 10.4. The van der Waals surface area contributed by atoms with E-state index in [1.165, 1.54) is 63.7 Å². The molecule has 34 heavy (non-hydrogen) atoms. The van der Waals surface area contributed by atoms with Gasteiger partial charge in [-0.2, -0.15) is 35.7 Å². The van der Waals surface area contributed by atoms with Crippen molar-refractivity contribution in [2.75, 3.05) is 0 Å². The molecule has 2 N–H and O–H groups in total. The van der Waals surface area contributed by atoms with Gasteiger partial charge in [-0.1, -0.05) is 6.07 Å². The second-order valence-corrected chi connectivity index (χ2v) is 8.25. The zero-order chi connectivity index (χ0) is 25.2. The van der Waals surface area contributed by atoms with Gasteiger partial charge in [-0.15, -0.1) is 29.7 Å². The normalized spacial score (nSPS) is 8.94. The molecule has 5 heteroatoms. The van der Waals surface area contributed by atoms with Gasteiger partial charge in [-0.05, 0) is 48.5 Å². The first kappa shape index (κ1) is 28.5. The van der Waals surface area contributed by atoms with E-state index in [1.54, 1.807) is 0 Å². The summed E-state index contributed by atoms with van der Waals surface area (Å²) in [6.45, 7) is 4.06. The summed E-state index contributed by atoms with van der Waals surface area (Å²) in [4.78, 5) is 0. The molecule has 0 unspecified atom stereocenters. The molecule has 5 aromatic rings. The summed E-state index contributed by atoms with van der Waals surface area (Å²) in [7, 11) is 0. The summed E-state index contributed by atoms with van der Waals surface area (Å²) in [6, 6.07) is 34.7. The van der Waals surface area contributed by atoms with Crippen molar-refractivity contribution in [3.63, 3.8) is 0 Å². The van der Waals surface area contributed by atoms with Gasteiger partial charge in [0.25, 0.3) is 0 Å². The molecule has 0 aromatic heterocycles. The summed E-state index contributed by atoms with van der Waals surface area (Å²) in [6.07, 6.45) is 0. The number of phenols is 2. The van der Waals surface area contributed by atoms with Crippen LogP contribution < -0.4 is 0 Å². The molecular weight excluding hydrogens is 470 g/mol. The molecule has 0 radical (unpaired) electrons. The Hall–Kier alpha value is -3.52. The minimum Gasteiger partial charge on any atom is -0.508 e. The van der Waals surface area contributed by atoms with E-state index >= 15 is 0 Å². The van der Waals surface area contributed by atoms with Gasteiger partial charge in [0, 0.05) is 0 Å². The van der Waals surface area contributed by atoms with Crippen LogP contribution >= 0.6 is 0 Å². The number of hydrogen-bond acceptors (Lipinski definition) is 2. The fraction of sp³-hybridized carbons (Fsp3) is 0.0690. The summed E-state index contributed by atoms with van der Waals surface area (Å²) in [5, 5.41) is 19.8. The fourth-order valence-electron chi connectivity index (χ4n) is 2.27. The van der Waals surface area contributed by atoms with Crippen LogP contribution in [-0.4, -0.2) is 14.6 Å². The van der Waals surface area contributed by atoms with Gasteiger partial charge in [-0.25, -0.2) is 20.9 Å². The molecule has 2 nitrogen and oxygen atoms in total. The molecule has 5 aromatic carbocycles. The quantitative estimate of drug-likeness (QED) is 0.214. The predicted octanol–water partition coefficient (Wildman–Crippen LogP) is 7.77. The third-order valence-electron chi connectivity index (χ3n) is 3.76. The SMILES string of the molecule is C[C](C)=[Cr].Oc1ccc(F)cc1.Oc1ccc(F)cc1.c1cc[cH-]c1.c1ccc2[cH-]ccc2c1. The van der Waals surface area contributed by atoms with E-state index in [0.29, 0.717) is 0 Å². The molecule has 0 aliphatic carbocycles.